The quantitative estimate of drug-likeness (QED) is 0.694. The van der Waals surface area contributed by atoms with Crippen molar-refractivity contribution in [2.75, 3.05) is 13.1 Å². The Hall–Kier alpha value is -2.38. The zero-order chi connectivity index (χ0) is 17.8. The highest BCUT2D eigenvalue weighted by molar-refractivity contribution is 7.03. The Labute approximate surface area is 156 Å². The molecule has 0 atom stereocenters. The van der Waals surface area contributed by atoms with Crippen molar-refractivity contribution in [3.05, 3.63) is 64.4 Å². The number of likely N-dealkylation sites (tertiary alicyclic amines) is 1. The fraction of sp³-hybridized carbons (Fsp3) is 0.368. The first kappa shape index (κ1) is 17.1. The van der Waals surface area contributed by atoms with Crippen LogP contribution in [0.5, 0.6) is 0 Å². The molecule has 6 nitrogen and oxygen atoms in total. The fourth-order valence-corrected chi connectivity index (χ4v) is 3.93. The van der Waals surface area contributed by atoms with Gasteiger partial charge in [-0.1, -0.05) is 0 Å². The van der Waals surface area contributed by atoms with Gasteiger partial charge < -0.3 is 0 Å². The molecule has 1 aliphatic heterocycles. The maximum absolute atomic E-state index is 12.4. The Bertz CT molecular complexity index is 886. The van der Waals surface area contributed by atoms with Gasteiger partial charge in [0.25, 0.3) is 5.56 Å². The standard InChI is InChI=1S/C19H21N5OS/c25-19-8-18(17-2-1-5-20-10-17)21-14-24(19)12-15-3-6-23(7-4-15)11-16-9-22-26-13-16/h1-2,5,8-10,13-15H,3-4,6-7,11-12H2. The lowest BCUT2D eigenvalue weighted by Gasteiger charge is -2.31. The molecular formula is C19H21N5OS. The van der Waals surface area contributed by atoms with E-state index in [2.05, 4.69) is 24.6 Å². The first-order chi connectivity index (χ1) is 12.8. The Morgan fingerprint density at radius 1 is 1.23 bits per heavy atom. The molecule has 0 unspecified atom stereocenters. The molecule has 0 radical (unpaired) electrons. The number of rotatable bonds is 5. The van der Waals surface area contributed by atoms with Crippen molar-refractivity contribution in [1.29, 1.82) is 0 Å². The summed E-state index contributed by atoms with van der Waals surface area (Å²) in [4.78, 5) is 23.4. The molecule has 1 saturated heterocycles. The second kappa shape index (κ2) is 7.88. The van der Waals surface area contributed by atoms with Gasteiger partial charge in [-0.2, -0.15) is 0 Å². The summed E-state index contributed by atoms with van der Waals surface area (Å²) in [5.74, 6) is 0.524. The summed E-state index contributed by atoms with van der Waals surface area (Å²) < 4.78 is 5.90. The van der Waals surface area contributed by atoms with E-state index in [1.54, 1.807) is 29.4 Å². The predicted molar refractivity (Wildman–Crippen MR) is 102 cm³/mol. The third-order valence-corrected chi connectivity index (χ3v) is 5.52. The SMILES string of the molecule is O=c1cc(-c2cccnc2)ncn1CC1CCN(Cc2cnsc2)CC1. The van der Waals surface area contributed by atoms with Crippen LogP contribution in [0, 0.1) is 5.92 Å². The predicted octanol–water partition coefficient (Wildman–Crippen LogP) is 2.67. The molecule has 1 aliphatic rings. The first-order valence-corrected chi connectivity index (χ1v) is 9.69. The molecule has 0 aromatic carbocycles. The van der Waals surface area contributed by atoms with Crippen LogP contribution in [-0.4, -0.2) is 36.9 Å². The van der Waals surface area contributed by atoms with Crippen LogP contribution in [0.15, 0.2) is 53.3 Å². The van der Waals surface area contributed by atoms with Crippen molar-refractivity contribution < 1.29 is 0 Å². The minimum Gasteiger partial charge on any atom is -0.299 e. The topological polar surface area (TPSA) is 63.9 Å². The molecule has 0 N–H and O–H groups in total. The van der Waals surface area contributed by atoms with Crippen molar-refractivity contribution in [2.45, 2.75) is 25.9 Å². The lowest BCUT2D eigenvalue weighted by Crippen LogP contribution is -2.35. The molecule has 4 rings (SSSR count). The van der Waals surface area contributed by atoms with Crippen LogP contribution in [0.1, 0.15) is 18.4 Å². The Morgan fingerprint density at radius 3 is 2.81 bits per heavy atom. The van der Waals surface area contributed by atoms with Gasteiger partial charge in [-0.25, -0.2) is 9.36 Å². The van der Waals surface area contributed by atoms with Crippen LogP contribution in [0.4, 0.5) is 0 Å². The third-order valence-electron chi connectivity index (χ3n) is 4.89. The van der Waals surface area contributed by atoms with E-state index in [0.29, 0.717) is 11.6 Å². The molecule has 3 aromatic heterocycles. The van der Waals surface area contributed by atoms with Gasteiger partial charge in [0.1, 0.15) is 0 Å². The molecule has 0 saturated carbocycles. The van der Waals surface area contributed by atoms with E-state index in [1.165, 1.54) is 17.1 Å². The number of piperidine rings is 1. The van der Waals surface area contributed by atoms with E-state index >= 15 is 0 Å². The highest BCUT2D eigenvalue weighted by atomic mass is 32.1. The summed E-state index contributed by atoms with van der Waals surface area (Å²) in [5, 5.41) is 2.11. The van der Waals surface area contributed by atoms with Crippen LogP contribution in [0.25, 0.3) is 11.3 Å². The number of hydrogen-bond acceptors (Lipinski definition) is 6. The molecule has 0 amide bonds. The van der Waals surface area contributed by atoms with Gasteiger partial charge in [0.05, 0.1) is 12.0 Å². The van der Waals surface area contributed by atoms with Gasteiger partial charge >= 0.3 is 0 Å². The summed E-state index contributed by atoms with van der Waals surface area (Å²) in [6.07, 6.45) is 9.28. The number of aromatic nitrogens is 4. The zero-order valence-electron chi connectivity index (χ0n) is 14.5. The second-order valence-corrected chi connectivity index (χ2v) is 7.42. The van der Waals surface area contributed by atoms with Gasteiger partial charge in [0.2, 0.25) is 0 Å². The first-order valence-electron chi connectivity index (χ1n) is 8.85. The summed E-state index contributed by atoms with van der Waals surface area (Å²) in [5.41, 5.74) is 2.84. The zero-order valence-corrected chi connectivity index (χ0v) is 15.3. The van der Waals surface area contributed by atoms with E-state index in [4.69, 9.17) is 0 Å². The molecule has 0 spiro atoms. The van der Waals surface area contributed by atoms with Gasteiger partial charge in [-0.3, -0.25) is 19.2 Å². The van der Waals surface area contributed by atoms with Crippen molar-refractivity contribution in [3.8, 4) is 11.3 Å². The molecular weight excluding hydrogens is 346 g/mol. The summed E-state index contributed by atoms with van der Waals surface area (Å²) in [7, 11) is 0. The molecule has 4 heterocycles. The van der Waals surface area contributed by atoms with Crippen LogP contribution >= 0.6 is 11.5 Å². The Kier molecular flexibility index (Phi) is 5.17. The smallest absolute Gasteiger partial charge is 0.253 e. The Balaban J connectivity index is 1.35. The van der Waals surface area contributed by atoms with Gasteiger partial charge in [0.15, 0.2) is 0 Å². The lowest BCUT2D eigenvalue weighted by atomic mass is 9.96. The van der Waals surface area contributed by atoms with Gasteiger partial charge in [-0.15, -0.1) is 0 Å². The molecule has 0 bridgehead atoms. The molecule has 3 aromatic rings. The van der Waals surface area contributed by atoms with Gasteiger partial charge in [-0.05, 0) is 61.1 Å². The number of pyridine rings is 1. The highest BCUT2D eigenvalue weighted by Crippen LogP contribution is 2.21. The maximum Gasteiger partial charge on any atom is 0.253 e. The largest absolute Gasteiger partial charge is 0.299 e. The average Bonchev–Trinajstić information content (AvgIpc) is 3.19. The molecule has 0 aliphatic carbocycles. The molecule has 26 heavy (non-hydrogen) atoms. The summed E-state index contributed by atoms with van der Waals surface area (Å²) in [6, 6.07) is 5.37. The Morgan fingerprint density at radius 2 is 2.12 bits per heavy atom. The van der Waals surface area contributed by atoms with E-state index in [9.17, 15) is 4.79 Å². The summed E-state index contributed by atoms with van der Waals surface area (Å²) in [6.45, 7) is 3.85. The van der Waals surface area contributed by atoms with E-state index in [0.717, 1.165) is 44.6 Å². The maximum atomic E-state index is 12.4. The van der Waals surface area contributed by atoms with Crippen LogP contribution in [0.3, 0.4) is 0 Å². The van der Waals surface area contributed by atoms with E-state index in [-0.39, 0.29) is 5.56 Å². The second-order valence-electron chi connectivity index (χ2n) is 6.76. The number of hydrogen-bond donors (Lipinski definition) is 0. The van der Waals surface area contributed by atoms with Crippen molar-refractivity contribution in [2.24, 2.45) is 5.92 Å². The monoisotopic (exact) mass is 367 g/mol. The summed E-state index contributed by atoms with van der Waals surface area (Å²) >= 11 is 1.51. The van der Waals surface area contributed by atoms with Crippen molar-refractivity contribution in [3.63, 3.8) is 0 Å². The third kappa shape index (κ3) is 4.05. The van der Waals surface area contributed by atoms with Crippen molar-refractivity contribution in [1.82, 2.24) is 23.8 Å². The van der Waals surface area contributed by atoms with Crippen LogP contribution < -0.4 is 5.56 Å². The molecule has 7 heteroatoms. The minimum atomic E-state index is 0.00521. The normalized spacial score (nSPS) is 16.0. The van der Waals surface area contributed by atoms with Gasteiger partial charge in [0, 0.05) is 48.7 Å². The minimum absolute atomic E-state index is 0.00521. The number of nitrogens with zero attached hydrogens (tertiary/aromatic N) is 5. The average molecular weight is 367 g/mol. The van der Waals surface area contributed by atoms with Crippen LogP contribution in [0.2, 0.25) is 0 Å². The lowest BCUT2D eigenvalue weighted by molar-refractivity contribution is 0.166. The molecule has 1 fully saturated rings. The van der Waals surface area contributed by atoms with E-state index in [1.807, 2.05) is 18.3 Å². The van der Waals surface area contributed by atoms with Crippen molar-refractivity contribution >= 4 is 11.5 Å². The van der Waals surface area contributed by atoms with Crippen LogP contribution in [-0.2, 0) is 13.1 Å². The van der Waals surface area contributed by atoms with E-state index < -0.39 is 0 Å². The highest BCUT2D eigenvalue weighted by Gasteiger charge is 2.20. The molecule has 134 valence electrons. The fourth-order valence-electron chi connectivity index (χ4n) is 3.40.